The fourth-order valence-electron chi connectivity index (χ4n) is 2.79. The van der Waals surface area contributed by atoms with Crippen LogP contribution < -0.4 is 15.4 Å². The molecule has 0 saturated carbocycles. The molecular formula is C21H19F4N5O3S. The first-order valence-electron chi connectivity index (χ1n) is 9.88. The summed E-state index contributed by atoms with van der Waals surface area (Å²) in [5.74, 6) is -0.880. The van der Waals surface area contributed by atoms with Gasteiger partial charge < -0.3 is 10.1 Å². The van der Waals surface area contributed by atoms with Gasteiger partial charge in [0.1, 0.15) is 18.1 Å². The van der Waals surface area contributed by atoms with Crippen molar-refractivity contribution in [3.05, 3.63) is 54.3 Å². The third-order valence-corrected chi connectivity index (χ3v) is 5.11. The minimum atomic E-state index is -4.61. The van der Waals surface area contributed by atoms with Gasteiger partial charge in [-0.15, -0.1) is 10.2 Å². The highest BCUT2D eigenvalue weighted by molar-refractivity contribution is 7.99. The Morgan fingerprint density at radius 2 is 1.79 bits per heavy atom. The largest absolute Gasteiger partial charge is 0.494 e. The minimum Gasteiger partial charge on any atom is -0.494 e. The highest BCUT2D eigenvalue weighted by Crippen LogP contribution is 2.30. The summed E-state index contributed by atoms with van der Waals surface area (Å²) >= 11 is 0.835. The number of carbonyl (C=O) groups excluding carboxylic acids is 2. The van der Waals surface area contributed by atoms with Gasteiger partial charge in [0.2, 0.25) is 5.91 Å². The normalized spacial score (nSPS) is 11.2. The van der Waals surface area contributed by atoms with Gasteiger partial charge in [0.05, 0.1) is 18.0 Å². The lowest BCUT2D eigenvalue weighted by Crippen LogP contribution is -2.43. The van der Waals surface area contributed by atoms with E-state index in [4.69, 9.17) is 4.74 Å². The summed E-state index contributed by atoms with van der Waals surface area (Å²) in [4.78, 5) is 23.5. The zero-order valence-electron chi connectivity index (χ0n) is 17.7. The average molecular weight is 497 g/mol. The lowest BCUT2D eigenvalue weighted by Gasteiger charge is -2.12. The van der Waals surface area contributed by atoms with Crippen molar-refractivity contribution >= 4 is 23.7 Å². The molecule has 0 atom stereocenters. The van der Waals surface area contributed by atoms with Crippen LogP contribution in [0.5, 0.6) is 5.75 Å². The number of alkyl halides is 3. The third kappa shape index (κ3) is 6.70. The second-order valence-corrected chi connectivity index (χ2v) is 7.63. The molecule has 0 fully saturated rings. The fourth-order valence-corrected chi connectivity index (χ4v) is 3.53. The van der Waals surface area contributed by atoms with E-state index < -0.39 is 30.5 Å². The number of hydrogen-bond acceptors (Lipinski definition) is 6. The Hall–Kier alpha value is -3.61. The van der Waals surface area contributed by atoms with Crippen molar-refractivity contribution < 1.29 is 31.9 Å². The number of ether oxygens (including phenoxy) is 1. The number of amides is 3. The summed E-state index contributed by atoms with van der Waals surface area (Å²) in [5.41, 5.74) is 0.726. The number of aromatic nitrogens is 3. The van der Waals surface area contributed by atoms with E-state index >= 15 is 0 Å². The summed E-state index contributed by atoms with van der Waals surface area (Å²) in [5, 5.41) is 11.6. The van der Waals surface area contributed by atoms with Crippen LogP contribution in [-0.2, 0) is 4.79 Å². The Bertz CT molecular complexity index is 1150. The van der Waals surface area contributed by atoms with Gasteiger partial charge in [-0.25, -0.2) is 9.18 Å². The summed E-state index contributed by atoms with van der Waals surface area (Å²) in [6.07, 6.45) is -4.61. The number of nitrogens with zero attached hydrogens (tertiary/aromatic N) is 3. The van der Waals surface area contributed by atoms with Crippen molar-refractivity contribution in [2.45, 2.75) is 18.3 Å². The fraction of sp³-hybridized carbons (Fsp3) is 0.238. The van der Waals surface area contributed by atoms with E-state index in [1.807, 2.05) is 6.92 Å². The van der Waals surface area contributed by atoms with Crippen LogP contribution in [0, 0.1) is 5.82 Å². The number of benzene rings is 2. The number of thioether (sulfide) groups is 1. The lowest BCUT2D eigenvalue weighted by molar-refractivity contribution is -0.124. The highest BCUT2D eigenvalue weighted by atomic mass is 32.2. The molecule has 2 aromatic carbocycles. The summed E-state index contributed by atoms with van der Waals surface area (Å²) in [6.45, 7) is 0.760. The molecule has 0 bridgehead atoms. The predicted octanol–water partition coefficient (Wildman–Crippen LogP) is 3.95. The highest BCUT2D eigenvalue weighted by Gasteiger charge is 2.28. The molecule has 1 aromatic heterocycles. The maximum Gasteiger partial charge on any atom is 0.405 e. The van der Waals surface area contributed by atoms with Gasteiger partial charge >= 0.3 is 12.2 Å². The number of nitrogens with one attached hydrogen (secondary N) is 2. The average Bonchev–Trinajstić information content (AvgIpc) is 3.20. The van der Waals surface area contributed by atoms with Crippen molar-refractivity contribution in [1.82, 2.24) is 25.4 Å². The van der Waals surface area contributed by atoms with Crippen LogP contribution in [0.1, 0.15) is 6.92 Å². The second-order valence-electron chi connectivity index (χ2n) is 6.69. The number of rotatable bonds is 8. The monoisotopic (exact) mass is 497 g/mol. The van der Waals surface area contributed by atoms with Crippen LogP contribution in [0.4, 0.5) is 22.4 Å². The number of urea groups is 1. The standard InChI is InChI=1S/C21H19F4N5O3S/c1-2-33-14-9-7-13(8-10-14)18-28-29-20(30(18)16-6-4-3-5-15(16)22)34-11-17(31)27-19(32)26-12-21(23,24)25/h3-10H,2,11-12H2,1H3,(H2,26,27,31,32). The second kappa shape index (κ2) is 11.0. The van der Waals surface area contributed by atoms with Crippen molar-refractivity contribution in [3.63, 3.8) is 0 Å². The van der Waals surface area contributed by atoms with Crippen LogP contribution in [0.15, 0.2) is 53.7 Å². The molecule has 34 heavy (non-hydrogen) atoms. The van der Waals surface area contributed by atoms with E-state index in [2.05, 4.69) is 10.2 Å². The van der Waals surface area contributed by atoms with E-state index in [-0.39, 0.29) is 16.6 Å². The first kappa shape index (κ1) is 25.0. The molecule has 0 radical (unpaired) electrons. The van der Waals surface area contributed by atoms with Gasteiger partial charge in [-0.05, 0) is 43.3 Å². The summed E-state index contributed by atoms with van der Waals surface area (Å²) < 4.78 is 58.0. The van der Waals surface area contributed by atoms with Gasteiger partial charge in [0, 0.05) is 5.56 Å². The Kier molecular flexibility index (Phi) is 8.10. The lowest BCUT2D eigenvalue weighted by atomic mass is 10.2. The van der Waals surface area contributed by atoms with E-state index in [9.17, 15) is 27.2 Å². The molecule has 0 saturated heterocycles. The minimum absolute atomic E-state index is 0.127. The van der Waals surface area contributed by atoms with Gasteiger partial charge in [-0.2, -0.15) is 13.2 Å². The molecule has 3 aromatic rings. The molecule has 3 rings (SSSR count). The molecule has 13 heteroatoms. The molecule has 0 unspecified atom stereocenters. The van der Waals surface area contributed by atoms with Gasteiger partial charge in [-0.1, -0.05) is 23.9 Å². The van der Waals surface area contributed by atoms with Crippen molar-refractivity contribution in [2.24, 2.45) is 0 Å². The van der Waals surface area contributed by atoms with E-state index in [1.54, 1.807) is 35.6 Å². The molecule has 0 aliphatic rings. The van der Waals surface area contributed by atoms with Crippen molar-refractivity contribution in [1.29, 1.82) is 0 Å². The van der Waals surface area contributed by atoms with E-state index in [0.29, 0.717) is 23.7 Å². The molecule has 180 valence electrons. The number of hydrogen-bond donors (Lipinski definition) is 2. The number of imide groups is 1. The maximum atomic E-state index is 14.6. The zero-order chi connectivity index (χ0) is 24.7. The number of halogens is 4. The van der Waals surface area contributed by atoms with Crippen molar-refractivity contribution in [2.75, 3.05) is 18.9 Å². The van der Waals surface area contributed by atoms with Crippen LogP contribution in [-0.4, -0.2) is 51.8 Å². The Balaban J connectivity index is 1.80. The van der Waals surface area contributed by atoms with Crippen LogP contribution in [0.3, 0.4) is 0 Å². The van der Waals surface area contributed by atoms with E-state index in [0.717, 1.165) is 11.8 Å². The Labute approximate surface area is 195 Å². The SMILES string of the molecule is CCOc1ccc(-c2nnc(SCC(=O)NC(=O)NCC(F)(F)F)n2-c2ccccc2F)cc1. The Morgan fingerprint density at radius 1 is 1.09 bits per heavy atom. The topological polar surface area (TPSA) is 98.1 Å². The molecule has 1 heterocycles. The van der Waals surface area contributed by atoms with Crippen LogP contribution >= 0.6 is 11.8 Å². The van der Waals surface area contributed by atoms with Crippen LogP contribution in [0.25, 0.3) is 17.1 Å². The van der Waals surface area contributed by atoms with Crippen LogP contribution in [0.2, 0.25) is 0 Å². The zero-order valence-corrected chi connectivity index (χ0v) is 18.5. The van der Waals surface area contributed by atoms with Gasteiger partial charge in [0.15, 0.2) is 11.0 Å². The molecular weight excluding hydrogens is 478 g/mol. The molecule has 0 aliphatic heterocycles. The smallest absolute Gasteiger partial charge is 0.405 e. The first-order chi connectivity index (χ1) is 16.2. The maximum absolute atomic E-state index is 14.6. The molecule has 0 aliphatic carbocycles. The molecule has 2 N–H and O–H groups in total. The molecule has 3 amide bonds. The number of para-hydroxylation sites is 1. The quantitative estimate of drug-likeness (QED) is 0.361. The van der Waals surface area contributed by atoms with Crippen molar-refractivity contribution in [3.8, 4) is 22.8 Å². The van der Waals surface area contributed by atoms with E-state index in [1.165, 1.54) is 28.1 Å². The number of carbonyl (C=O) groups is 2. The van der Waals surface area contributed by atoms with Gasteiger partial charge in [-0.3, -0.25) is 14.7 Å². The molecule has 0 spiro atoms. The molecule has 8 nitrogen and oxygen atoms in total. The summed E-state index contributed by atoms with van der Waals surface area (Å²) in [7, 11) is 0. The third-order valence-electron chi connectivity index (χ3n) is 4.18. The predicted molar refractivity (Wildman–Crippen MR) is 116 cm³/mol. The Morgan fingerprint density at radius 3 is 2.44 bits per heavy atom. The van der Waals surface area contributed by atoms with Gasteiger partial charge in [0.25, 0.3) is 0 Å². The summed E-state index contributed by atoms with van der Waals surface area (Å²) in [6, 6.07) is 11.5. The first-order valence-corrected chi connectivity index (χ1v) is 10.9.